The molecule has 2 N–H and O–H groups in total. The third kappa shape index (κ3) is 3.60. The average Bonchev–Trinajstić information content (AvgIpc) is 2.86. The van der Waals surface area contributed by atoms with Crippen molar-refractivity contribution in [3.8, 4) is 0 Å². The number of halogens is 1. The lowest BCUT2D eigenvalue weighted by atomic mass is 9.96. The zero-order valence-corrected chi connectivity index (χ0v) is 13.3. The Morgan fingerprint density at radius 2 is 1.83 bits per heavy atom. The predicted octanol–water partition coefficient (Wildman–Crippen LogP) is 2.08. The van der Waals surface area contributed by atoms with E-state index in [0.29, 0.717) is 12.0 Å². The van der Waals surface area contributed by atoms with Crippen molar-refractivity contribution in [2.75, 3.05) is 6.54 Å². The van der Waals surface area contributed by atoms with E-state index in [2.05, 4.69) is 4.72 Å². The van der Waals surface area contributed by atoms with E-state index in [1.165, 1.54) is 24.3 Å². The Labute approximate surface area is 135 Å². The number of hydrogen-bond donors (Lipinski definition) is 2. The van der Waals surface area contributed by atoms with E-state index in [9.17, 15) is 17.9 Å². The Morgan fingerprint density at radius 1 is 1.13 bits per heavy atom. The zero-order valence-electron chi connectivity index (χ0n) is 12.5. The Kier molecular flexibility index (Phi) is 4.23. The van der Waals surface area contributed by atoms with Crippen LogP contribution in [0.25, 0.3) is 0 Å². The quantitative estimate of drug-likeness (QED) is 0.879. The van der Waals surface area contributed by atoms with Crippen LogP contribution in [0.2, 0.25) is 0 Å². The largest absolute Gasteiger partial charge is 0.384 e. The average molecular weight is 335 g/mol. The van der Waals surface area contributed by atoms with E-state index in [1.807, 2.05) is 24.3 Å². The van der Waals surface area contributed by atoms with Crippen LogP contribution in [-0.4, -0.2) is 20.1 Å². The van der Waals surface area contributed by atoms with Gasteiger partial charge < -0.3 is 5.11 Å². The van der Waals surface area contributed by atoms with E-state index in [1.54, 1.807) is 0 Å². The van der Waals surface area contributed by atoms with Gasteiger partial charge in [0.2, 0.25) is 10.0 Å². The number of rotatable bonds is 5. The van der Waals surface area contributed by atoms with Gasteiger partial charge in [-0.3, -0.25) is 0 Å². The van der Waals surface area contributed by atoms with E-state index in [-0.39, 0.29) is 12.3 Å². The van der Waals surface area contributed by atoms with Crippen LogP contribution in [0.4, 0.5) is 4.39 Å². The van der Waals surface area contributed by atoms with Gasteiger partial charge in [0, 0.05) is 6.54 Å². The van der Waals surface area contributed by atoms with Gasteiger partial charge in [0.25, 0.3) is 0 Å². The van der Waals surface area contributed by atoms with Crippen molar-refractivity contribution in [1.82, 2.24) is 4.72 Å². The van der Waals surface area contributed by atoms with Crippen LogP contribution in [0.15, 0.2) is 48.5 Å². The number of aliphatic hydroxyl groups is 1. The number of sulfonamides is 1. The number of benzene rings is 2. The molecule has 0 bridgehead atoms. The minimum Gasteiger partial charge on any atom is -0.384 e. The molecule has 1 unspecified atom stereocenters. The van der Waals surface area contributed by atoms with Crippen molar-refractivity contribution in [1.29, 1.82) is 0 Å². The molecule has 0 saturated heterocycles. The molecule has 0 radical (unpaired) electrons. The fourth-order valence-electron chi connectivity index (χ4n) is 2.93. The summed E-state index contributed by atoms with van der Waals surface area (Å²) in [7, 11) is -3.61. The second-order valence-corrected chi connectivity index (χ2v) is 7.70. The first kappa shape index (κ1) is 16.1. The first-order valence-corrected chi connectivity index (χ1v) is 9.06. The molecule has 0 aliphatic heterocycles. The second kappa shape index (κ2) is 6.03. The van der Waals surface area contributed by atoms with Crippen LogP contribution < -0.4 is 4.72 Å². The number of nitrogens with one attached hydrogen (secondary N) is 1. The van der Waals surface area contributed by atoms with Gasteiger partial charge in [-0.25, -0.2) is 17.5 Å². The van der Waals surface area contributed by atoms with Gasteiger partial charge in [0.05, 0.1) is 5.75 Å². The maximum atomic E-state index is 12.9. The summed E-state index contributed by atoms with van der Waals surface area (Å²) < 4.78 is 39.7. The van der Waals surface area contributed by atoms with E-state index < -0.39 is 21.4 Å². The van der Waals surface area contributed by atoms with Gasteiger partial charge in [-0.2, -0.15) is 0 Å². The van der Waals surface area contributed by atoms with Crippen LogP contribution in [-0.2, 0) is 27.8 Å². The number of aryl methyl sites for hydroxylation is 1. The van der Waals surface area contributed by atoms with Crippen molar-refractivity contribution in [2.24, 2.45) is 0 Å². The minimum absolute atomic E-state index is 0.0620. The molecule has 0 spiro atoms. The fourth-order valence-corrected chi connectivity index (χ4v) is 4.12. The first-order valence-electron chi connectivity index (χ1n) is 7.41. The maximum absolute atomic E-state index is 12.9. The summed E-state index contributed by atoms with van der Waals surface area (Å²) >= 11 is 0. The molecule has 1 aliphatic carbocycles. The summed E-state index contributed by atoms with van der Waals surface area (Å²) in [6.45, 7) is -0.0620. The highest BCUT2D eigenvalue weighted by molar-refractivity contribution is 7.88. The van der Waals surface area contributed by atoms with E-state index in [4.69, 9.17) is 0 Å². The molecule has 4 nitrogen and oxygen atoms in total. The SMILES string of the molecule is O=S(=O)(Cc1ccc(F)cc1)NCC1(O)CCc2ccccc21. The van der Waals surface area contributed by atoms with Gasteiger partial charge in [-0.1, -0.05) is 36.4 Å². The predicted molar refractivity (Wildman–Crippen MR) is 85.7 cm³/mol. The lowest BCUT2D eigenvalue weighted by molar-refractivity contribution is 0.0442. The molecule has 1 aliphatic rings. The molecular formula is C17H18FNO3S. The van der Waals surface area contributed by atoms with Crippen LogP contribution >= 0.6 is 0 Å². The molecule has 3 rings (SSSR count). The van der Waals surface area contributed by atoms with E-state index >= 15 is 0 Å². The summed E-state index contributed by atoms with van der Waals surface area (Å²) in [4.78, 5) is 0. The molecule has 0 saturated carbocycles. The van der Waals surface area contributed by atoms with Gasteiger partial charge in [-0.15, -0.1) is 0 Å². The normalized spacial score (nSPS) is 20.4. The monoisotopic (exact) mass is 335 g/mol. The van der Waals surface area contributed by atoms with Crippen LogP contribution in [0.5, 0.6) is 0 Å². The molecular weight excluding hydrogens is 317 g/mol. The number of hydrogen-bond acceptors (Lipinski definition) is 3. The number of fused-ring (bicyclic) bond motifs is 1. The third-order valence-electron chi connectivity index (χ3n) is 4.18. The van der Waals surface area contributed by atoms with Crippen LogP contribution in [0, 0.1) is 5.82 Å². The smallest absolute Gasteiger partial charge is 0.215 e. The zero-order chi connectivity index (χ0) is 16.5. The highest BCUT2D eigenvalue weighted by Gasteiger charge is 2.37. The Hall–Kier alpha value is -1.76. The fraction of sp³-hybridized carbons (Fsp3) is 0.294. The summed E-state index contributed by atoms with van der Waals surface area (Å²) in [5.41, 5.74) is 1.15. The Morgan fingerprint density at radius 3 is 2.57 bits per heavy atom. The van der Waals surface area contributed by atoms with Gasteiger partial charge in [-0.05, 0) is 41.7 Å². The minimum atomic E-state index is -3.61. The van der Waals surface area contributed by atoms with Crippen molar-refractivity contribution in [3.63, 3.8) is 0 Å². The van der Waals surface area contributed by atoms with Crippen LogP contribution in [0.1, 0.15) is 23.1 Å². The summed E-state index contributed by atoms with van der Waals surface area (Å²) in [5.74, 6) is -0.652. The molecule has 2 aromatic rings. The van der Waals surface area contributed by atoms with Crippen molar-refractivity contribution >= 4 is 10.0 Å². The van der Waals surface area contributed by atoms with Gasteiger partial charge in [0.15, 0.2) is 0 Å². The van der Waals surface area contributed by atoms with Gasteiger partial charge >= 0.3 is 0 Å². The molecule has 6 heteroatoms. The van der Waals surface area contributed by atoms with Gasteiger partial charge in [0.1, 0.15) is 11.4 Å². The second-order valence-electron chi connectivity index (χ2n) is 5.90. The molecule has 2 aromatic carbocycles. The van der Waals surface area contributed by atoms with Crippen molar-refractivity contribution in [2.45, 2.75) is 24.2 Å². The summed E-state index contributed by atoms with van der Waals surface area (Å²) in [6.07, 6.45) is 1.22. The molecule has 1 atom stereocenters. The van der Waals surface area contributed by atoms with Crippen molar-refractivity contribution in [3.05, 3.63) is 71.0 Å². The highest BCUT2D eigenvalue weighted by atomic mass is 32.2. The first-order chi connectivity index (χ1) is 10.9. The Balaban J connectivity index is 1.69. The molecule has 0 aromatic heterocycles. The molecule has 0 amide bonds. The lowest BCUT2D eigenvalue weighted by Gasteiger charge is -2.24. The summed E-state index contributed by atoms with van der Waals surface area (Å²) in [5, 5.41) is 10.7. The highest BCUT2D eigenvalue weighted by Crippen LogP contribution is 2.36. The van der Waals surface area contributed by atoms with Crippen molar-refractivity contribution < 1.29 is 17.9 Å². The third-order valence-corrected chi connectivity index (χ3v) is 5.48. The van der Waals surface area contributed by atoms with Crippen LogP contribution in [0.3, 0.4) is 0 Å². The molecule has 0 fully saturated rings. The topological polar surface area (TPSA) is 66.4 Å². The maximum Gasteiger partial charge on any atom is 0.215 e. The summed E-state index contributed by atoms with van der Waals surface area (Å²) in [6, 6.07) is 12.8. The standard InChI is InChI=1S/C17H18FNO3S/c18-15-7-5-13(6-8-15)11-23(21,22)19-12-17(20)10-9-14-3-1-2-4-16(14)17/h1-8,19-20H,9-12H2. The van der Waals surface area contributed by atoms with E-state index in [0.717, 1.165) is 17.5 Å². The Bertz CT molecular complexity index is 805. The molecule has 122 valence electrons. The lowest BCUT2D eigenvalue weighted by Crippen LogP contribution is -2.39. The molecule has 23 heavy (non-hydrogen) atoms. The molecule has 0 heterocycles.